The minimum atomic E-state index is -0.459. The highest BCUT2D eigenvalue weighted by atomic mass is 35.5. The van der Waals surface area contributed by atoms with Crippen LogP contribution in [0.2, 0.25) is 5.02 Å². The molecule has 2 aromatic heterocycles. The summed E-state index contributed by atoms with van der Waals surface area (Å²) < 4.78 is 33.6. The number of aromatic nitrogens is 3. The molecule has 162 valence electrons. The highest BCUT2D eigenvalue weighted by Gasteiger charge is 2.11. The van der Waals surface area contributed by atoms with E-state index in [1.165, 1.54) is 42.7 Å². The van der Waals surface area contributed by atoms with Crippen molar-refractivity contribution in [3.63, 3.8) is 0 Å². The number of rotatable bonds is 7. The fourth-order valence-electron chi connectivity index (χ4n) is 2.92. The first kappa shape index (κ1) is 21.5. The zero-order valence-corrected chi connectivity index (χ0v) is 17.4. The molecule has 1 N–H and O–H groups in total. The van der Waals surface area contributed by atoms with Gasteiger partial charge in [0, 0.05) is 18.5 Å². The van der Waals surface area contributed by atoms with Gasteiger partial charge in [0.15, 0.2) is 0 Å². The zero-order valence-electron chi connectivity index (χ0n) is 16.6. The number of ether oxygens (including phenoxy) is 1. The molecule has 0 saturated heterocycles. The fourth-order valence-corrected chi connectivity index (χ4v) is 3.10. The van der Waals surface area contributed by atoms with Crippen LogP contribution in [0, 0.1) is 11.6 Å². The molecule has 0 unspecified atom stereocenters. The molecule has 0 aliphatic carbocycles. The summed E-state index contributed by atoms with van der Waals surface area (Å²) in [6, 6.07) is 13.2. The van der Waals surface area contributed by atoms with Crippen LogP contribution in [-0.4, -0.2) is 20.7 Å². The van der Waals surface area contributed by atoms with E-state index in [-0.39, 0.29) is 28.9 Å². The molecule has 0 spiro atoms. The second-order valence-corrected chi connectivity index (χ2v) is 7.33. The van der Waals surface area contributed by atoms with Crippen molar-refractivity contribution in [3.05, 3.63) is 107 Å². The van der Waals surface area contributed by atoms with Crippen molar-refractivity contribution >= 4 is 23.2 Å². The van der Waals surface area contributed by atoms with Crippen LogP contribution in [0.3, 0.4) is 0 Å². The van der Waals surface area contributed by atoms with Gasteiger partial charge in [-0.3, -0.25) is 14.5 Å². The Morgan fingerprint density at radius 3 is 2.62 bits per heavy atom. The van der Waals surface area contributed by atoms with Crippen molar-refractivity contribution in [2.45, 2.75) is 13.2 Å². The molecule has 1 amide bonds. The molecule has 0 bridgehead atoms. The van der Waals surface area contributed by atoms with Gasteiger partial charge in [0.25, 0.3) is 5.91 Å². The van der Waals surface area contributed by atoms with E-state index in [0.717, 1.165) is 5.56 Å². The number of pyridine rings is 1. The van der Waals surface area contributed by atoms with E-state index in [1.54, 1.807) is 35.1 Å². The van der Waals surface area contributed by atoms with Crippen molar-refractivity contribution < 1.29 is 18.3 Å². The van der Waals surface area contributed by atoms with Crippen molar-refractivity contribution in [1.29, 1.82) is 0 Å². The summed E-state index contributed by atoms with van der Waals surface area (Å²) in [5.74, 6) is -0.972. The Morgan fingerprint density at radius 2 is 1.81 bits per heavy atom. The SMILES string of the molecule is O=C(Nc1cnn(Cc2ccc(F)cc2)c1)c1cc(COc2cc(F)ccc2Cl)ccn1. The van der Waals surface area contributed by atoms with Crippen molar-refractivity contribution in [2.24, 2.45) is 0 Å². The molecule has 0 aliphatic rings. The number of hydrogen-bond donors (Lipinski definition) is 1. The Balaban J connectivity index is 1.38. The average molecular weight is 455 g/mol. The Bertz CT molecular complexity index is 1240. The van der Waals surface area contributed by atoms with E-state index in [4.69, 9.17) is 16.3 Å². The van der Waals surface area contributed by atoms with Crippen LogP contribution in [0.25, 0.3) is 0 Å². The third kappa shape index (κ3) is 5.47. The van der Waals surface area contributed by atoms with Crippen molar-refractivity contribution in [2.75, 3.05) is 5.32 Å². The smallest absolute Gasteiger partial charge is 0.274 e. The van der Waals surface area contributed by atoms with E-state index >= 15 is 0 Å². The monoisotopic (exact) mass is 454 g/mol. The van der Waals surface area contributed by atoms with Gasteiger partial charge < -0.3 is 10.1 Å². The number of hydrogen-bond acceptors (Lipinski definition) is 4. The van der Waals surface area contributed by atoms with E-state index in [9.17, 15) is 13.6 Å². The average Bonchev–Trinajstić information content (AvgIpc) is 3.23. The van der Waals surface area contributed by atoms with Gasteiger partial charge >= 0.3 is 0 Å². The summed E-state index contributed by atoms with van der Waals surface area (Å²) in [5, 5.41) is 7.22. The highest BCUT2D eigenvalue weighted by Crippen LogP contribution is 2.25. The number of nitrogens with one attached hydrogen (secondary N) is 1. The summed E-state index contributed by atoms with van der Waals surface area (Å²) in [5.41, 5.74) is 2.22. The molecule has 0 radical (unpaired) electrons. The van der Waals surface area contributed by atoms with Gasteiger partial charge in [0.1, 0.15) is 29.7 Å². The first-order valence-electron chi connectivity index (χ1n) is 9.57. The zero-order chi connectivity index (χ0) is 22.5. The predicted molar refractivity (Wildman–Crippen MR) is 116 cm³/mol. The molecular formula is C23H17ClF2N4O2. The largest absolute Gasteiger partial charge is 0.487 e. The van der Waals surface area contributed by atoms with Crippen LogP contribution in [0.5, 0.6) is 5.75 Å². The van der Waals surface area contributed by atoms with Gasteiger partial charge in [0.05, 0.1) is 23.5 Å². The Morgan fingerprint density at radius 1 is 1.03 bits per heavy atom. The van der Waals surface area contributed by atoms with Crippen molar-refractivity contribution in [1.82, 2.24) is 14.8 Å². The molecule has 0 atom stereocenters. The van der Waals surface area contributed by atoms with Crippen LogP contribution >= 0.6 is 11.6 Å². The quantitative estimate of drug-likeness (QED) is 0.422. The van der Waals surface area contributed by atoms with Crippen molar-refractivity contribution in [3.8, 4) is 5.75 Å². The molecule has 9 heteroatoms. The molecule has 2 heterocycles. The first-order chi connectivity index (χ1) is 15.5. The lowest BCUT2D eigenvalue weighted by Gasteiger charge is -2.09. The first-order valence-corrected chi connectivity index (χ1v) is 9.95. The summed E-state index contributed by atoms with van der Waals surface area (Å²) in [4.78, 5) is 16.7. The van der Waals surface area contributed by atoms with E-state index < -0.39 is 11.7 Å². The summed E-state index contributed by atoms with van der Waals surface area (Å²) in [6.07, 6.45) is 4.67. The van der Waals surface area contributed by atoms with Crippen LogP contribution in [0.15, 0.2) is 73.2 Å². The van der Waals surface area contributed by atoms with Crippen LogP contribution < -0.4 is 10.1 Å². The minimum absolute atomic E-state index is 0.0849. The summed E-state index contributed by atoms with van der Waals surface area (Å²) >= 11 is 6.00. The minimum Gasteiger partial charge on any atom is -0.487 e. The standard InChI is InChI=1S/C23H17ClF2N4O2/c24-20-6-5-18(26)10-22(20)32-14-16-7-8-27-21(9-16)23(31)29-19-11-28-30(13-19)12-15-1-3-17(25)4-2-15/h1-11,13H,12,14H2,(H,29,31). The second kappa shape index (κ2) is 9.57. The maximum absolute atomic E-state index is 13.4. The van der Waals surface area contributed by atoms with Gasteiger partial charge in [-0.1, -0.05) is 23.7 Å². The highest BCUT2D eigenvalue weighted by molar-refractivity contribution is 6.32. The van der Waals surface area contributed by atoms with E-state index in [2.05, 4.69) is 15.4 Å². The summed E-state index contributed by atoms with van der Waals surface area (Å²) in [6.45, 7) is 0.519. The topological polar surface area (TPSA) is 69.0 Å². The maximum Gasteiger partial charge on any atom is 0.274 e. The third-order valence-electron chi connectivity index (χ3n) is 4.49. The summed E-state index contributed by atoms with van der Waals surface area (Å²) in [7, 11) is 0. The number of amides is 1. The normalized spacial score (nSPS) is 10.7. The molecule has 0 saturated carbocycles. The number of benzene rings is 2. The second-order valence-electron chi connectivity index (χ2n) is 6.92. The van der Waals surface area contributed by atoms with Gasteiger partial charge in [-0.25, -0.2) is 8.78 Å². The Hall–Kier alpha value is -3.78. The number of nitrogens with zero attached hydrogens (tertiary/aromatic N) is 3. The molecule has 0 aliphatic heterocycles. The van der Waals surface area contributed by atoms with Gasteiger partial charge in [-0.15, -0.1) is 0 Å². The lowest BCUT2D eigenvalue weighted by Crippen LogP contribution is -2.14. The Kier molecular flexibility index (Phi) is 6.42. The molecular weight excluding hydrogens is 438 g/mol. The van der Waals surface area contributed by atoms with Crippen LogP contribution in [-0.2, 0) is 13.2 Å². The van der Waals surface area contributed by atoms with Gasteiger partial charge in [0.2, 0.25) is 0 Å². The van der Waals surface area contributed by atoms with Gasteiger partial charge in [-0.2, -0.15) is 5.10 Å². The molecule has 4 rings (SSSR count). The van der Waals surface area contributed by atoms with Crippen LogP contribution in [0.1, 0.15) is 21.6 Å². The molecule has 2 aromatic carbocycles. The predicted octanol–water partition coefficient (Wildman–Crippen LogP) is 5.09. The maximum atomic E-state index is 13.4. The fraction of sp³-hybridized carbons (Fsp3) is 0.0870. The molecule has 0 fully saturated rings. The molecule has 6 nitrogen and oxygen atoms in total. The number of anilines is 1. The molecule has 32 heavy (non-hydrogen) atoms. The van der Waals surface area contributed by atoms with Gasteiger partial charge in [-0.05, 0) is 47.5 Å². The third-order valence-corrected chi connectivity index (χ3v) is 4.81. The Labute approximate surface area is 187 Å². The van der Waals surface area contributed by atoms with Crippen LogP contribution in [0.4, 0.5) is 14.5 Å². The number of halogens is 3. The lowest BCUT2D eigenvalue weighted by atomic mass is 10.2. The number of carbonyl (C=O) groups excluding carboxylic acids is 1. The van der Waals surface area contributed by atoms with E-state index in [0.29, 0.717) is 17.8 Å². The number of carbonyl (C=O) groups is 1. The lowest BCUT2D eigenvalue weighted by molar-refractivity contribution is 0.102. The molecule has 4 aromatic rings. The van der Waals surface area contributed by atoms with E-state index in [1.807, 2.05) is 0 Å².